The van der Waals surface area contributed by atoms with Crippen LogP contribution in [0, 0.1) is 0 Å². The smallest absolute Gasteiger partial charge is 0.272 e. The molecule has 1 aromatic heterocycles. The molecule has 1 aliphatic heterocycles. The number of benzene rings is 2. The van der Waals surface area contributed by atoms with Gasteiger partial charge in [-0.2, -0.15) is 5.10 Å². The van der Waals surface area contributed by atoms with Crippen molar-refractivity contribution in [3.05, 3.63) is 65.9 Å². The molecule has 0 spiro atoms. The normalized spacial score (nSPS) is 15.1. The summed E-state index contributed by atoms with van der Waals surface area (Å²) in [5, 5.41) is 4.63. The number of ether oxygens (including phenoxy) is 2. The Labute approximate surface area is 225 Å². The van der Waals surface area contributed by atoms with Gasteiger partial charge in [-0.15, -0.1) is 0 Å². The van der Waals surface area contributed by atoms with Gasteiger partial charge in [-0.1, -0.05) is 43.9 Å². The maximum Gasteiger partial charge on any atom is 0.272 e. The molecular weight excluding hydrogens is 480 g/mol. The highest BCUT2D eigenvalue weighted by molar-refractivity contribution is 5.96. The lowest BCUT2D eigenvalue weighted by Crippen LogP contribution is -2.37. The predicted octanol–water partition coefficient (Wildman–Crippen LogP) is 5.07. The minimum atomic E-state index is -0.0702. The van der Waals surface area contributed by atoms with Gasteiger partial charge in [0.05, 0.1) is 12.8 Å². The fourth-order valence-corrected chi connectivity index (χ4v) is 4.96. The lowest BCUT2D eigenvalue weighted by molar-refractivity contribution is -0.122. The van der Waals surface area contributed by atoms with E-state index in [9.17, 15) is 9.59 Å². The summed E-state index contributed by atoms with van der Waals surface area (Å²) in [4.78, 5) is 30.6. The monoisotopic (exact) mass is 518 g/mol. The highest BCUT2D eigenvalue weighted by Gasteiger charge is 2.24. The number of para-hydroxylation sites is 1. The van der Waals surface area contributed by atoms with E-state index in [1.54, 1.807) is 25.9 Å². The standard InChI is InChI=1S/C30H38N4O4/c1-32-28(20-26(31-32)23-14-16-25(38-3)17-15-23)30(36)33-18-10-6-4-5-7-11-19-34(29(35)22-37-2)27-13-9-8-12-24(27)21-33/h8-9,12-17,20H,4-7,10-11,18-19,21-22H2,1-3H3. The molecule has 0 fully saturated rings. The van der Waals surface area contributed by atoms with Crippen molar-refractivity contribution in [2.75, 3.05) is 38.8 Å². The minimum absolute atomic E-state index is 0.0279. The zero-order chi connectivity index (χ0) is 26.9. The molecule has 8 nitrogen and oxygen atoms in total. The molecule has 2 heterocycles. The Morgan fingerprint density at radius 2 is 1.58 bits per heavy atom. The summed E-state index contributed by atoms with van der Waals surface area (Å²) < 4.78 is 12.1. The Hall–Kier alpha value is -3.65. The molecular formula is C30H38N4O4. The Morgan fingerprint density at radius 1 is 0.895 bits per heavy atom. The molecule has 0 aliphatic carbocycles. The van der Waals surface area contributed by atoms with Crippen molar-refractivity contribution in [3.8, 4) is 17.0 Å². The van der Waals surface area contributed by atoms with Crippen LogP contribution in [-0.2, 0) is 23.1 Å². The van der Waals surface area contributed by atoms with E-state index in [0.29, 0.717) is 25.3 Å². The molecule has 0 unspecified atom stereocenters. The molecule has 0 saturated carbocycles. The van der Waals surface area contributed by atoms with Crippen molar-refractivity contribution >= 4 is 17.5 Å². The number of rotatable bonds is 5. The van der Waals surface area contributed by atoms with Crippen molar-refractivity contribution in [2.45, 2.75) is 45.1 Å². The van der Waals surface area contributed by atoms with E-state index in [-0.39, 0.29) is 18.4 Å². The first-order valence-electron chi connectivity index (χ1n) is 13.4. The molecule has 8 heteroatoms. The number of hydrogen-bond donors (Lipinski definition) is 0. The van der Waals surface area contributed by atoms with Crippen molar-refractivity contribution in [2.24, 2.45) is 7.05 Å². The van der Waals surface area contributed by atoms with Crippen LogP contribution in [0.25, 0.3) is 11.3 Å². The molecule has 1 aliphatic rings. The van der Waals surface area contributed by atoms with E-state index in [1.165, 1.54) is 0 Å². The molecule has 2 aromatic carbocycles. The second kappa shape index (κ2) is 13.2. The average Bonchev–Trinajstić information content (AvgIpc) is 3.33. The van der Waals surface area contributed by atoms with Gasteiger partial charge in [0.15, 0.2) is 0 Å². The first-order chi connectivity index (χ1) is 18.5. The molecule has 0 radical (unpaired) electrons. The zero-order valence-electron chi connectivity index (χ0n) is 22.7. The second-order valence-corrected chi connectivity index (χ2v) is 9.72. The number of carbonyl (C=O) groups is 2. The van der Waals surface area contributed by atoms with Crippen LogP contribution < -0.4 is 9.64 Å². The van der Waals surface area contributed by atoms with Crippen LogP contribution in [0.4, 0.5) is 5.69 Å². The summed E-state index contributed by atoms with van der Waals surface area (Å²) in [6.07, 6.45) is 6.26. The van der Waals surface area contributed by atoms with Crippen molar-refractivity contribution in [1.82, 2.24) is 14.7 Å². The number of aromatic nitrogens is 2. The number of methoxy groups -OCH3 is 2. The van der Waals surface area contributed by atoms with Crippen LogP contribution in [0.1, 0.15) is 54.6 Å². The summed E-state index contributed by atoms with van der Waals surface area (Å²) in [7, 11) is 4.98. The van der Waals surface area contributed by atoms with Gasteiger partial charge in [-0.05, 0) is 54.8 Å². The number of aryl methyl sites for hydroxylation is 1. The van der Waals surface area contributed by atoms with Gasteiger partial charge in [-0.3, -0.25) is 14.3 Å². The number of carbonyl (C=O) groups excluding carboxylic acids is 2. The van der Waals surface area contributed by atoms with Gasteiger partial charge < -0.3 is 19.3 Å². The Morgan fingerprint density at radius 3 is 2.29 bits per heavy atom. The number of fused-ring (bicyclic) bond motifs is 1. The highest BCUT2D eigenvalue weighted by atomic mass is 16.5. The van der Waals surface area contributed by atoms with E-state index < -0.39 is 0 Å². The third kappa shape index (κ3) is 6.61. The molecule has 0 N–H and O–H groups in total. The Balaban J connectivity index is 1.65. The highest BCUT2D eigenvalue weighted by Crippen LogP contribution is 2.27. The third-order valence-corrected chi connectivity index (χ3v) is 7.04. The lowest BCUT2D eigenvalue weighted by atomic mass is 10.1. The van der Waals surface area contributed by atoms with Gasteiger partial charge in [0, 0.05) is 45.0 Å². The second-order valence-electron chi connectivity index (χ2n) is 9.72. The van der Waals surface area contributed by atoms with Gasteiger partial charge in [-0.25, -0.2) is 0 Å². The number of amides is 2. The molecule has 3 aromatic rings. The van der Waals surface area contributed by atoms with Crippen LogP contribution in [0.15, 0.2) is 54.6 Å². The first kappa shape index (κ1) is 27.4. The number of anilines is 1. The van der Waals surface area contributed by atoms with Crippen LogP contribution in [-0.4, -0.2) is 60.4 Å². The fraction of sp³-hybridized carbons (Fsp3) is 0.433. The van der Waals surface area contributed by atoms with Crippen LogP contribution in [0.3, 0.4) is 0 Å². The summed E-state index contributed by atoms with van der Waals surface area (Å²) >= 11 is 0. The van der Waals surface area contributed by atoms with Crippen molar-refractivity contribution in [3.63, 3.8) is 0 Å². The summed E-state index contributed by atoms with van der Waals surface area (Å²) in [6.45, 7) is 1.72. The summed E-state index contributed by atoms with van der Waals surface area (Å²) in [5.41, 5.74) is 3.98. The minimum Gasteiger partial charge on any atom is -0.497 e. The maximum atomic E-state index is 13.9. The van der Waals surface area contributed by atoms with E-state index in [4.69, 9.17) is 9.47 Å². The van der Waals surface area contributed by atoms with Crippen LogP contribution >= 0.6 is 0 Å². The Bertz CT molecular complexity index is 1220. The molecule has 0 bridgehead atoms. The van der Waals surface area contributed by atoms with E-state index in [0.717, 1.165) is 66.8 Å². The lowest BCUT2D eigenvalue weighted by Gasteiger charge is -2.28. The fourth-order valence-electron chi connectivity index (χ4n) is 4.96. The molecule has 4 rings (SSSR count). The van der Waals surface area contributed by atoms with Gasteiger partial charge in [0.1, 0.15) is 18.1 Å². The van der Waals surface area contributed by atoms with Gasteiger partial charge >= 0.3 is 0 Å². The van der Waals surface area contributed by atoms with Crippen molar-refractivity contribution < 1.29 is 19.1 Å². The molecule has 38 heavy (non-hydrogen) atoms. The average molecular weight is 519 g/mol. The van der Waals surface area contributed by atoms with E-state index in [2.05, 4.69) is 5.10 Å². The van der Waals surface area contributed by atoms with Crippen molar-refractivity contribution in [1.29, 1.82) is 0 Å². The SMILES string of the molecule is COCC(=O)N1CCCCCCCCN(C(=O)c2cc(-c3ccc(OC)cc3)nn2C)Cc2ccccc21. The van der Waals surface area contributed by atoms with Crippen LogP contribution in [0.2, 0.25) is 0 Å². The molecule has 202 valence electrons. The number of nitrogens with zero attached hydrogens (tertiary/aromatic N) is 4. The third-order valence-electron chi connectivity index (χ3n) is 7.04. The van der Waals surface area contributed by atoms with E-state index >= 15 is 0 Å². The Kier molecular flexibility index (Phi) is 9.54. The van der Waals surface area contributed by atoms with E-state index in [1.807, 2.05) is 64.4 Å². The molecule has 0 saturated heterocycles. The topological polar surface area (TPSA) is 76.9 Å². The largest absolute Gasteiger partial charge is 0.497 e. The van der Waals surface area contributed by atoms with Gasteiger partial charge in [0.2, 0.25) is 0 Å². The van der Waals surface area contributed by atoms with Gasteiger partial charge in [0.25, 0.3) is 11.8 Å². The van der Waals surface area contributed by atoms with Crippen LogP contribution in [0.5, 0.6) is 5.75 Å². The summed E-state index contributed by atoms with van der Waals surface area (Å²) in [5.74, 6) is 0.635. The predicted molar refractivity (Wildman–Crippen MR) is 148 cm³/mol. The molecule has 2 amide bonds. The maximum absolute atomic E-state index is 13.9. The summed E-state index contributed by atoms with van der Waals surface area (Å²) in [6, 6.07) is 17.4. The first-order valence-corrected chi connectivity index (χ1v) is 13.4. The quantitative estimate of drug-likeness (QED) is 0.471. The molecule has 0 atom stereocenters. The zero-order valence-corrected chi connectivity index (χ0v) is 22.7. The number of hydrogen-bond acceptors (Lipinski definition) is 5.